The number of halogens is 1. The highest BCUT2D eigenvalue weighted by Gasteiger charge is 2.41. The Morgan fingerprint density at radius 2 is 1.94 bits per heavy atom. The van der Waals surface area contributed by atoms with Crippen molar-refractivity contribution in [1.29, 1.82) is 0 Å². The van der Waals surface area contributed by atoms with Crippen molar-refractivity contribution in [3.63, 3.8) is 0 Å². The monoisotopic (exact) mass is 457 g/mol. The van der Waals surface area contributed by atoms with Crippen molar-refractivity contribution < 1.29 is 18.4 Å². The lowest BCUT2D eigenvalue weighted by Crippen LogP contribution is -2.37. The van der Waals surface area contributed by atoms with E-state index in [1.165, 1.54) is 12.1 Å². The number of dihydropyridines is 1. The van der Waals surface area contributed by atoms with Crippen molar-refractivity contribution in [3.8, 4) is 0 Å². The summed E-state index contributed by atoms with van der Waals surface area (Å²) in [5.41, 5.74) is 3.56. The number of nitrogens with zero attached hydrogens (tertiary/aromatic N) is 1. The van der Waals surface area contributed by atoms with Gasteiger partial charge in [0.15, 0.2) is 5.78 Å². The van der Waals surface area contributed by atoms with Gasteiger partial charge in [0.1, 0.15) is 17.4 Å². The zero-order valence-corrected chi connectivity index (χ0v) is 18.9. The molecule has 0 saturated carbocycles. The highest BCUT2D eigenvalue weighted by molar-refractivity contribution is 6.09. The van der Waals surface area contributed by atoms with Gasteiger partial charge in [-0.05, 0) is 62.2 Å². The average molecular weight is 458 g/mol. The lowest BCUT2D eigenvalue weighted by molar-refractivity contribution is -0.116. The van der Waals surface area contributed by atoms with Crippen molar-refractivity contribution in [1.82, 2.24) is 10.3 Å². The highest BCUT2D eigenvalue weighted by Crippen LogP contribution is 2.45. The maximum absolute atomic E-state index is 14.3. The van der Waals surface area contributed by atoms with Gasteiger partial charge >= 0.3 is 0 Å². The number of furan rings is 1. The molecule has 2 N–H and O–H groups in total. The second-order valence-electron chi connectivity index (χ2n) is 8.71. The fourth-order valence-corrected chi connectivity index (χ4v) is 4.88. The summed E-state index contributed by atoms with van der Waals surface area (Å²) in [4.78, 5) is 31.3. The van der Waals surface area contributed by atoms with Crippen LogP contribution in [0.2, 0.25) is 0 Å². The molecule has 7 heteroatoms. The maximum Gasteiger partial charge on any atom is 0.255 e. The van der Waals surface area contributed by atoms with Gasteiger partial charge in [-0.2, -0.15) is 0 Å². The number of nitrogens with one attached hydrogen (secondary N) is 2. The van der Waals surface area contributed by atoms with Crippen LogP contribution in [0.4, 0.5) is 10.2 Å². The van der Waals surface area contributed by atoms with Gasteiger partial charge in [0.05, 0.1) is 6.26 Å². The summed E-state index contributed by atoms with van der Waals surface area (Å²) in [6, 6.07) is 15.1. The molecule has 34 heavy (non-hydrogen) atoms. The van der Waals surface area contributed by atoms with E-state index >= 15 is 0 Å². The van der Waals surface area contributed by atoms with Crippen LogP contribution in [-0.2, 0) is 9.59 Å². The van der Waals surface area contributed by atoms with E-state index in [2.05, 4.69) is 15.6 Å². The summed E-state index contributed by atoms with van der Waals surface area (Å²) in [6.45, 7) is 3.64. The van der Waals surface area contributed by atoms with E-state index in [0.717, 1.165) is 17.2 Å². The van der Waals surface area contributed by atoms with Crippen molar-refractivity contribution >= 4 is 17.5 Å². The third-order valence-corrected chi connectivity index (χ3v) is 6.33. The Kier molecular flexibility index (Phi) is 5.61. The van der Waals surface area contributed by atoms with Gasteiger partial charge in [0.25, 0.3) is 5.91 Å². The fourth-order valence-electron chi connectivity index (χ4n) is 4.88. The SMILES string of the molecule is CC1=C(C(=O)Nc2cccc(C)n2)[C@H](c2cccc(F)c2)C2=C(C[C@@H](c3ccco3)CC2=O)N1. The Bertz CT molecular complexity index is 1340. The number of Topliss-reactive ketones (excluding diaryl/α,β-unsaturated/α-hetero) is 1. The molecule has 1 aliphatic carbocycles. The number of carbonyl (C=O) groups is 2. The molecular weight excluding hydrogens is 433 g/mol. The third kappa shape index (κ3) is 4.05. The molecule has 3 heterocycles. The first-order valence-electron chi connectivity index (χ1n) is 11.2. The number of amides is 1. The van der Waals surface area contributed by atoms with E-state index in [1.54, 1.807) is 37.5 Å². The number of rotatable bonds is 4. The average Bonchev–Trinajstić information content (AvgIpc) is 3.33. The fraction of sp³-hybridized carbons (Fsp3) is 0.222. The number of pyridine rings is 1. The molecule has 2 aliphatic rings. The first-order valence-corrected chi connectivity index (χ1v) is 11.2. The normalized spacial score (nSPS) is 20.1. The second-order valence-corrected chi connectivity index (χ2v) is 8.71. The van der Waals surface area contributed by atoms with Crippen molar-refractivity contribution in [2.75, 3.05) is 5.32 Å². The van der Waals surface area contributed by atoms with Crippen molar-refractivity contribution in [2.24, 2.45) is 0 Å². The van der Waals surface area contributed by atoms with Crippen LogP contribution in [0.5, 0.6) is 0 Å². The van der Waals surface area contributed by atoms with Crippen LogP contribution in [0.3, 0.4) is 0 Å². The lowest BCUT2D eigenvalue weighted by atomic mass is 9.72. The smallest absolute Gasteiger partial charge is 0.255 e. The summed E-state index contributed by atoms with van der Waals surface area (Å²) in [5, 5.41) is 6.15. The quantitative estimate of drug-likeness (QED) is 0.568. The van der Waals surface area contributed by atoms with Gasteiger partial charge in [-0.1, -0.05) is 18.2 Å². The molecule has 0 saturated heterocycles. The molecule has 5 rings (SSSR count). The first-order chi connectivity index (χ1) is 16.4. The van der Waals surface area contributed by atoms with Crippen LogP contribution in [0.25, 0.3) is 0 Å². The molecular formula is C27H24FN3O3. The molecule has 1 aliphatic heterocycles. The van der Waals surface area contributed by atoms with Crippen LogP contribution in [0, 0.1) is 12.7 Å². The molecule has 1 amide bonds. The second kappa shape index (κ2) is 8.74. The number of allylic oxidation sites excluding steroid dienone is 3. The molecule has 172 valence electrons. The van der Waals surface area contributed by atoms with E-state index in [-0.39, 0.29) is 24.0 Å². The molecule has 2 aromatic heterocycles. The molecule has 0 spiro atoms. The Labute approximate surface area is 196 Å². The van der Waals surface area contributed by atoms with Crippen LogP contribution >= 0.6 is 0 Å². The first kappa shape index (κ1) is 21.8. The molecule has 0 fully saturated rings. The van der Waals surface area contributed by atoms with Gasteiger partial charge in [0.2, 0.25) is 0 Å². The lowest BCUT2D eigenvalue weighted by Gasteiger charge is -2.36. The Morgan fingerprint density at radius 1 is 1.12 bits per heavy atom. The number of benzene rings is 1. The maximum atomic E-state index is 14.3. The van der Waals surface area contributed by atoms with Crippen molar-refractivity contribution in [3.05, 3.63) is 106 Å². The van der Waals surface area contributed by atoms with E-state index in [0.29, 0.717) is 34.6 Å². The van der Waals surface area contributed by atoms with Gasteiger partial charge < -0.3 is 15.1 Å². The largest absolute Gasteiger partial charge is 0.469 e. The van der Waals surface area contributed by atoms with Crippen LogP contribution < -0.4 is 10.6 Å². The summed E-state index contributed by atoms with van der Waals surface area (Å²) < 4.78 is 19.8. The van der Waals surface area contributed by atoms with Gasteiger partial charge in [0, 0.05) is 46.5 Å². The Hall–Kier alpha value is -4.00. The molecule has 0 bridgehead atoms. The molecule has 0 unspecified atom stereocenters. The standard InChI is InChI=1S/C27H24FN3O3/c1-15-6-3-10-23(29-15)31-27(33)24-16(2)30-20-13-18(22-9-5-11-34-22)14-21(32)26(20)25(24)17-7-4-8-19(28)12-17/h3-12,18,25,30H,13-14H2,1-2H3,(H,29,31,33)/t18-,25+/m1/s1. The number of carbonyl (C=O) groups excluding carboxylic acids is 2. The summed E-state index contributed by atoms with van der Waals surface area (Å²) in [7, 11) is 0. The minimum Gasteiger partial charge on any atom is -0.469 e. The summed E-state index contributed by atoms with van der Waals surface area (Å²) in [6.07, 6.45) is 2.42. The molecule has 0 radical (unpaired) electrons. The zero-order valence-electron chi connectivity index (χ0n) is 18.9. The van der Waals surface area contributed by atoms with Crippen molar-refractivity contribution in [2.45, 2.75) is 38.5 Å². The minimum absolute atomic E-state index is 0.0871. The van der Waals surface area contributed by atoms with Crippen LogP contribution in [0.15, 0.2) is 87.8 Å². The minimum atomic E-state index is -0.693. The number of anilines is 1. The molecule has 6 nitrogen and oxygen atoms in total. The third-order valence-electron chi connectivity index (χ3n) is 6.33. The highest BCUT2D eigenvalue weighted by atomic mass is 19.1. The predicted octanol–water partition coefficient (Wildman–Crippen LogP) is 5.12. The summed E-state index contributed by atoms with van der Waals surface area (Å²) >= 11 is 0. The molecule has 1 aromatic carbocycles. The van der Waals surface area contributed by atoms with Gasteiger partial charge in [-0.25, -0.2) is 9.37 Å². The zero-order chi connectivity index (χ0) is 23.8. The van der Waals surface area contributed by atoms with E-state index in [4.69, 9.17) is 4.42 Å². The van der Waals surface area contributed by atoms with E-state index in [1.807, 2.05) is 25.1 Å². The van der Waals surface area contributed by atoms with E-state index in [9.17, 15) is 14.0 Å². The summed E-state index contributed by atoms with van der Waals surface area (Å²) in [5.74, 6) is -0.521. The van der Waals surface area contributed by atoms with Gasteiger partial charge in [-0.15, -0.1) is 0 Å². The number of aryl methyl sites for hydroxylation is 1. The van der Waals surface area contributed by atoms with Crippen LogP contribution in [0.1, 0.15) is 48.6 Å². The number of hydrogen-bond donors (Lipinski definition) is 2. The number of ketones is 1. The van der Waals surface area contributed by atoms with Gasteiger partial charge in [-0.3, -0.25) is 9.59 Å². The van der Waals surface area contributed by atoms with Crippen LogP contribution in [-0.4, -0.2) is 16.7 Å². The predicted molar refractivity (Wildman–Crippen MR) is 125 cm³/mol. The number of hydrogen-bond acceptors (Lipinski definition) is 5. The molecule has 3 aromatic rings. The van der Waals surface area contributed by atoms with E-state index < -0.39 is 11.7 Å². The number of aromatic nitrogens is 1. The molecule has 2 atom stereocenters. The Morgan fingerprint density at radius 3 is 2.68 bits per heavy atom. The Balaban J connectivity index is 1.57. The topological polar surface area (TPSA) is 84.2 Å².